The van der Waals surface area contributed by atoms with Gasteiger partial charge in [0.2, 0.25) is 0 Å². The van der Waals surface area contributed by atoms with Crippen molar-refractivity contribution >= 4 is 17.5 Å². The molecule has 14 heavy (non-hydrogen) atoms. The Morgan fingerprint density at radius 3 is 2.86 bits per heavy atom. The molecule has 5 heteroatoms. The number of nitrogens with one attached hydrogen (secondary N) is 1. The van der Waals surface area contributed by atoms with Gasteiger partial charge < -0.3 is 15.8 Å². The second-order valence-electron chi connectivity index (χ2n) is 2.84. The number of aromatic nitrogens is 2. The number of aromatic hydroxyl groups is 1. The number of imidazole rings is 1. The smallest absolute Gasteiger partial charge is 0.197 e. The van der Waals surface area contributed by atoms with E-state index in [1.807, 2.05) is 0 Å². The van der Waals surface area contributed by atoms with Gasteiger partial charge in [0.15, 0.2) is 5.95 Å². The molecule has 0 saturated heterocycles. The molecule has 1 aromatic carbocycles. The number of halogens is 1. The molecule has 0 aliphatic heterocycles. The molecule has 0 unspecified atom stereocenters. The van der Waals surface area contributed by atoms with E-state index in [9.17, 15) is 5.11 Å². The van der Waals surface area contributed by atoms with Gasteiger partial charge in [-0.25, -0.2) is 4.98 Å². The standard InChI is InChI=1S/C9H8ClN3O/c10-5-1-2-8(14)6(3-5)7-4-12-9(11)13-7/h1-4,14H,(H3,11,12,13). The molecule has 0 aliphatic rings. The second kappa shape index (κ2) is 3.23. The van der Waals surface area contributed by atoms with E-state index in [1.54, 1.807) is 18.3 Å². The fourth-order valence-electron chi connectivity index (χ4n) is 1.20. The molecule has 4 N–H and O–H groups in total. The van der Waals surface area contributed by atoms with Gasteiger partial charge in [-0.05, 0) is 18.2 Å². The molecule has 0 saturated carbocycles. The van der Waals surface area contributed by atoms with Gasteiger partial charge in [-0.3, -0.25) is 0 Å². The van der Waals surface area contributed by atoms with E-state index in [-0.39, 0.29) is 5.75 Å². The van der Waals surface area contributed by atoms with Crippen LogP contribution in [0, 0.1) is 0 Å². The SMILES string of the molecule is Nc1ncc(-c2cc(Cl)ccc2O)[nH]1. The van der Waals surface area contributed by atoms with Crippen molar-refractivity contribution in [1.29, 1.82) is 0 Å². The van der Waals surface area contributed by atoms with Crippen molar-refractivity contribution in [3.63, 3.8) is 0 Å². The van der Waals surface area contributed by atoms with Crippen molar-refractivity contribution in [3.8, 4) is 17.0 Å². The van der Waals surface area contributed by atoms with Gasteiger partial charge in [0.1, 0.15) is 5.75 Å². The average Bonchev–Trinajstić information content (AvgIpc) is 2.56. The Kier molecular flexibility index (Phi) is 2.05. The summed E-state index contributed by atoms with van der Waals surface area (Å²) < 4.78 is 0. The van der Waals surface area contributed by atoms with Crippen molar-refractivity contribution in [2.24, 2.45) is 0 Å². The fraction of sp³-hybridized carbons (Fsp3) is 0. The maximum Gasteiger partial charge on any atom is 0.197 e. The van der Waals surface area contributed by atoms with Crippen LogP contribution in [0.3, 0.4) is 0 Å². The number of benzene rings is 1. The number of phenolic OH excluding ortho intramolecular Hbond substituents is 1. The second-order valence-corrected chi connectivity index (χ2v) is 3.28. The molecule has 0 spiro atoms. The van der Waals surface area contributed by atoms with Gasteiger partial charge in [0.25, 0.3) is 0 Å². The predicted octanol–water partition coefficient (Wildman–Crippen LogP) is 2.02. The van der Waals surface area contributed by atoms with Crippen LogP contribution in [0.15, 0.2) is 24.4 Å². The Balaban J connectivity index is 2.55. The van der Waals surface area contributed by atoms with E-state index in [1.165, 1.54) is 6.07 Å². The van der Waals surface area contributed by atoms with Crippen LogP contribution in [0.1, 0.15) is 0 Å². The summed E-state index contributed by atoms with van der Waals surface area (Å²) in [6.45, 7) is 0. The Bertz CT molecular complexity index is 467. The van der Waals surface area contributed by atoms with Crippen molar-refractivity contribution in [3.05, 3.63) is 29.4 Å². The van der Waals surface area contributed by atoms with Gasteiger partial charge in [0.05, 0.1) is 11.9 Å². The Hall–Kier alpha value is -1.68. The molecule has 1 heterocycles. The lowest BCUT2D eigenvalue weighted by molar-refractivity contribution is 0.477. The summed E-state index contributed by atoms with van der Waals surface area (Å²) in [5.41, 5.74) is 6.65. The summed E-state index contributed by atoms with van der Waals surface area (Å²) in [6.07, 6.45) is 1.54. The highest BCUT2D eigenvalue weighted by atomic mass is 35.5. The summed E-state index contributed by atoms with van der Waals surface area (Å²) in [5, 5.41) is 10.1. The number of phenols is 1. The number of anilines is 1. The molecule has 4 nitrogen and oxygen atoms in total. The number of hydrogen-bond acceptors (Lipinski definition) is 3. The van der Waals surface area contributed by atoms with E-state index < -0.39 is 0 Å². The van der Waals surface area contributed by atoms with E-state index in [0.29, 0.717) is 22.2 Å². The zero-order chi connectivity index (χ0) is 10.1. The first-order valence-electron chi connectivity index (χ1n) is 3.96. The summed E-state index contributed by atoms with van der Waals surface area (Å²) in [4.78, 5) is 6.64. The number of rotatable bonds is 1. The first-order valence-corrected chi connectivity index (χ1v) is 4.34. The number of H-pyrrole nitrogens is 1. The van der Waals surface area contributed by atoms with Crippen LogP contribution in [0.25, 0.3) is 11.3 Å². The minimum absolute atomic E-state index is 0.137. The summed E-state index contributed by atoms with van der Waals surface area (Å²) in [7, 11) is 0. The number of hydrogen-bond donors (Lipinski definition) is 3. The van der Waals surface area contributed by atoms with Gasteiger partial charge in [0, 0.05) is 10.6 Å². The van der Waals surface area contributed by atoms with E-state index >= 15 is 0 Å². The molecule has 0 amide bonds. The number of nitrogen functional groups attached to an aromatic ring is 1. The van der Waals surface area contributed by atoms with Crippen LogP contribution in [0.4, 0.5) is 5.95 Å². The zero-order valence-corrected chi connectivity index (χ0v) is 7.92. The van der Waals surface area contributed by atoms with E-state index in [4.69, 9.17) is 17.3 Å². The predicted molar refractivity (Wildman–Crippen MR) is 55.1 cm³/mol. The molecule has 0 atom stereocenters. The molecule has 2 aromatic rings. The maximum absolute atomic E-state index is 9.55. The third kappa shape index (κ3) is 1.52. The lowest BCUT2D eigenvalue weighted by Crippen LogP contribution is -1.85. The monoisotopic (exact) mass is 209 g/mol. The van der Waals surface area contributed by atoms with Crippen molar-refractivity contribution in [2.45, 2.75) is 0 Å². The Morgan fingerprint density at radius 2 is 2.21 bits per heavy atom. The highest BCUT2D eigenvalue weighted by Gasteiger charge is 2.07. The van der Waals surface area contributed by atoms with Gasteiger partial charge in [-0.1, -0.05) is 11.6 Å². The van der Waals surface area contributed by atoms with Crippen molar-refractivity contribution in [2.75, 3.05) is 5.73 Å². The normalized spacial score (nSPS) is 10.4. The Labute approximate surface area is 85.4 Å². The summed E-state index contributed by atoms with van der Waals surface area (Å²) in [5.74, 6) is 0.442. The lowest BCUT2D eigenvalue weighted by Gasteiger charge is -2.01. The highest BCUT2D eigenvalue weighted by molar-refractivity contribution is 6.30. The molecular weight excluding hydrogens is 202 g/mol. The molecule has 2 rings (SSSR count). The quantitative estimate of drug-likeness (QED) is 0.673. The van der Waals surface area contributed by atoms with Crippen molar-refractivity contribution < 1.29 is 5.11 Å². The molecule has 0 aliphatic carbocycles. The van der Waals surface area contributed by atoms with Crippen LogP contribution in [0.2, 0.25) is 5.02 Å². The molecular formula is C9H8ClN3O. The van der Waals surface area contributed by atoms with Crippen LogP contribution in [0.5, 0.6) is 5.75 Å². The third-order valence-electron chi connectivity index (χ3n) is 1.84. The molecule has 1 aromatic heterocycles. The number of aromatic amines is 1. The van der Waals surface area contributed by atoms with E-state index in [2.05, 4.69) is 9.97 Å². The van der Waals surface area contributed by atoms with Crippen LogP contribution >= 0.6 is 11.6 Å². The molecule has 0 bridgehead atoms. The fourth-order valence-corrected chi connectivity index (χ4v) is 1.37. The van der Waals surface area contributed by atoms with Crippen LogP contribution < -0.4 is 5.73 Å². The topological polar surface area (TPSA) is 74.9 Å². The zero-order valence-electron chi connectivity index (χ0n) is 7.16. The third-order valence-corrected chi connectivity index (χ3v) is 2.08. The summed E-state index contributed by atoms with van der Waals surface area (Å²) >= 11 is 5.80. The summed E-state index contributed by atoms with van der Waals surface area (Å²) in [6, 6.07) is 4.78. The molecule has 0 fully saturated rings. The van der Waals surface area contributed by atoms with Crippen molar-refractivity contribution in [1.82, 2.24) is 9.97 Å². The highest BCUT2D eigenvalue weighted by Crippen LogP contribution is 2.30. The number of nitrogens with two attached hydrogens (primary N) is 1. The maximum atomic E-state index is 9.55. The Morgan fingerprint density at radius 1 is 1.43 bits per heavy atom. The minimum Gasteiger partial charge on any atom is -0.507 e. The molecule has 0 radical (unpaired) electrons. The number of nitrogens with zero attached hydrogens (tertiary/aromatic N) is 1. The average molecular weight is 210 g/mol. The van der Waals surface area contributed by atoms with Crippen LogP contribution in [-0.4, -0.2) is 15.1 Å². The van der Waals surface area contributed by atoms with Gasteiger partial charge in [-0.2, -0.15) is 0 Å². The van der Waals surface area contributed by atoms with E-state index in [0.717, 1.165) is 0 Å². The molecule has 72 valence electrons. The first-order chi connectivity index (χ1) is 6.66. The minimum atomic E-state index is 0.137. The van der Waals surface area contributed by atoms with Gasteiger partial charge >= 0.3 is 0 Å². The largest absolute Gasteiger partial charge is 0.507 e. The lowest BCUT2D eigenvalue weighted by atomic mass is 10.1. The van der Waals surface area contributed by atoms with Crippen LogP contribution in [-0.2, 0) is 0 Å². The van der Waals surface area contributed by atoms with Gasteiger partial charge in [-0.15, -0.1) is 0 Å². The first kappa shape index (κ1) is 8.90.